The normalized spacial score (nSPS) is 27.7. The van der Waals surface area contributed by atoms with E-state index in [4.69, 9.17) is 25.2 Å². The fraction of sp³-hybridized carbons (Fsp3) is 0.556. The molecule has 1 aromatic rings. The van der Waals surface area contributed by atoms with Gasteiger partial charge in [-0.1, -0.05) is 0 Å². The van der Waals surface area contributed by atoms with Gasteiger partial charge in [0.2, 0.25) is 0 Å². The summed E-state index contributed by atoms with van der Waals surface area (Å²) in [5.41, 5.74) is 4.74. The molecule has 1 aliphatic heterocycles. The van der Waals surface area contributed by atoms with Crippen molar-refractivity contribution in [3.63, 3.8) is 0 Å². The zero-order valence-electron chi connectivity index (χ0n) is 10.3. The first-order valence-corrected chi connectivity index (χ1v) is 7.50. The number of nitrogens with two attached hydrogens (primary N) is 1. The van der Waals surface area contributed by atoms with Crippen molar-refractivity contribution in [3.05, 3.63) is 22.7 Å². The van der Waals surface area contributed by atoms with Gasteiger partial charge in [0, 0.05) is 0 Å². The van der Waals surface area contributed by atoms with Gasteiger partial charge in [-0.15, -0.1) is 0 Å². The molecule has 1 aliphatic rings. The molecule has 2 rings (SSSR count). The molecule has 1 aromatic heterocycles. The Morgan fingerprint density at radius 2 is 2.25 bits per heavy atom. The Balaban J connectivity index is 2.05. The van der Waals surface area contributed by atoms with Crippen molar-refractivity contribution in [2.75, 3.05) is 12.3 Å². The zero-order valence-corrected chi connectivity index (χ0v) is 11.3. The van der Waals surface area contributed by atoms with Crippen LogP contribution in [-0.4, -0.2) is 48.2 Å². The van der Waals surface area contributed by atoms with Crippen molar-refractivity contribution in [2.24, 2.45) is 0 Å². The predicted octanol–water partition coefficient (Wildman–Crippen LogP) is -2.12. The summed E-state index contributed by atoms with van der Waals surface area (Å²) in [4.78, 5) is 41.4. The molecule has 3 atom stereocenters. The molecule has 114 valence electrons. The van der Waals surface area contributed by atoms with Crippen molar-refractivity contribution in [1.82, 2.24) is 9.55 Å². The molecule has 0 spiro atoms. The van der Waals surface area contributed by atoms with E-state index in [0.717, 1.165) is 4.57 Å². The van der Waals surface area contributed by atoms with Crippen molar-refractivity contribution in [2.45, 2.75) is 24.9 Å². The molecule has 10 nitrogen and oxygen atoms in total. The molecular formula is C9H16N3O7P. The van der Waals surface area contributed by atoms with Crippen LogP contribution in [0.4, 0.5) is 5.82 Å². The Kier molecular flexibility index (Phi) is 4.35. The minimum absolute atomic E-state index is 0.0707. The first kappa shape index (κ1) is 15.3. The molecule has 0 saturated carbocycles. The van der Waals surface area contributed by atoms with Crippen LogP contribution in [0.25, 0.3) is 0 Å². The number of nitrogens with zero attached hydrogens (tertiary/aromatic N) is 2. The minimum atomic E-state index is -4.66. The van der Waals surface area contributed by atoms with Crippen molar-refractivity contribution >= 4 is 14.0 Å². The van der Waals surface area contributed by atoms with E-state index in [1.807, 2.05) is 0 Å². The summed E-state index contributed by atoms with van der Waals surface area (Å²) in [6.45, 7) is -0.412. The maximum atomic E-state index is 11.6. The summed E-state index contributed by atoms with van der Waals surface area (Å²) in [5.74, 6) is 0.0707. The van der Waals surface area contributed by atoms with E-state index >= 15 is 0 Å². The van der Waals surface area contributed by atoms with Gasteiger partial charge in [-0.2, -0.15) is 0 Å². The molecular weight excluding hydrogens is 293 g/mol. The molecule has 1 saturated heterocycles. The molecule has 20 heavy (non-hydrogen) atoms. The quantitative estimate of drug-likeness (QED) is 0.391. The molecule has 0 aromatic carbocycles. The maximum absolute atomic E-state index is 11.6. The predicted molar refractivity (Wildman–Crippen MR) is 68.4 cm³/mol. The van der Waals surface area contributed by atoms with Crippen molar-refractivity contribution in [3.8, 4) is 0 Å². The molecule has 0 bridgehead atoms. The number of rotatable bonds is 4. The van der Waals surface area contributed by atoms with Crippen molar-refractivity contribution in [1.29, 1.82) is 0 Å². The number of anilines is 1. The van der Waals surface area contributed by atoms with E-state index in [9.17, 15) is 9.90 Å². The van der Waals surface area contributed by atoms with E-state index < -0.39 is 38.9 Å². The second kappa shape index (κ2) is 5.70. The van der Waals surface area contributed by atoms with Gasteiger partial charge in [-0.25, -0.2) is 0 Å². The Labute approximate surface area is 113 Å². The van der Waals surface area contributed by atoms with Gasteiger partial charge in [-0.3, -0.25) is 0 Å². The van der Waals surface area contributed by atoms with Crippen LogP contribution in [0.15, 0.2) is 17.1 Å². The van der Waals surface area contributed by atoms with Gasteiger partial charge >= 0.3 is 113 Å². The van der Waals surface area contributed by atoms with E-state index in [2.05, 4.69) is 9.51 Å². The van der Waals surface area contributed by atoms with Gasteiger partial charge in [0.1, 0.15) is 0 Å². The van der Waals surface area contributed by atoms with Gasteiger partial charge in [-0.05, 0) is 0 Å². The second-order valence-electron chi connectivity index (χ2n) is 4.36. The van der Waals surface area contributed by atoms with Gasteiger partial charge < -0.3 is 0 Å². The van der Waals surface area contributed by atoms with E-state index in [1.165, 1.54) is 12.3 Å². The molecule has 0 unspecified atom stereocenters. The fourth-order valence-electron chi connectivity index (χ4n) is 1.87. The third kappa shape index (κ3) is 3.70. The summed E-state index contributed by atoms with van der Waals surface area (Å²) >= 11 is 0. The van der Waals surface area contributed by atoms with E-state index in [-0.39, 0.29) is 12.2 Å². The third-order valence-corrected chi connectivity index (χ3v) is 3.36. The van der Waals surface area contributed by atoms with Gasteiger partial charge in [0.05, 0.1) is 0 Å². The SMILES string of the molecule is Nc1ccn([C@H]2C[C@H](O)[C@@H](CO[PH](O)(O)O)O2)c(=O)n1. The molecule has 2 heterocycles. The van der Waals surface area contributed by atoms with Crippen LogP contribution >= 0.6 is 8.17 Å². The van der Waals surface area contributed by atoms with Crippen LogP contribution in [0.2, 0.25) is 0 Å². The third-order valence-electron chi connectivity index (χ3n) is 2.81. The fourth-order valence-corrected chi connectivity index (χ4v) is 2.26. The number of hydrogen-bond acceptors (Lipinski definition) is 9. The summed E-state index contributed by atoms with van der Waals surface area (Å²) in [6, 6.07) is 1.41. The molecule has 0 amide bonds. The van der Waals surface area contributed by atoms with Gasteiger partial charge in [0.15, 0.2) is 0 Å². The second-order valence-corrected chi connectivity index (χ2v) is 5.80. The van der Waals surface area contributed by atoms with Crippen LogP contribution in [-0.2, 0) is 9.26 Å². The monoisotopic (exact) mass is 309 g/mol. The Bertz CT molecular complexity index is 531. The van der Waals surface area contributed by atoms with Crippen LogP contribution in [0, 0.1) is 0 Å². The first-order chi connectivity index (χ1) is 9.26. The average Bonchev–Trinajstić information content (AvgIpc) is 2.67. The summed E-state index contributed by atoms with van der Waals surface area (Å²) < 4.78 is 10.9. The Morgan fingerprint density at radius 3 is 2.85 bits per heavy atom. The average molecular weight is 309 g/mol. The zero-order chi connectivity index (χ0) is 14.9. The van der Waals surface area contributed by atoms with E-state index in [0.29, 0.717) is 0 Å². The first-order valence-electron chi connectivity index (χ1n) is 5.75. The molecule has 6 N–H and O–H groups in total. The molecule has 0 radical (unpaired) electrons. The number of aliphatic hydroxyl groups is 1. The number of aromatic nitrogens is 2. The molecule has 0 aliphatic carbocycles. The van der Waals surface area contributed by atoms with E-state index in [1.54, 1.807) is 0 Å². The molecule has 11 heteroatoms. The van der Waals surface area contributed by atoms with Crippen LogP contribution in [0.5, 0.6) is 0 Å². The summed E-state index contributed by atoms with van der Waals surface area (Å²) in [6.07, 6.45) is -1.18. The molecule has 1 fully saturated rings. The van der Waals surface area contributed by atoms with Crippen LogP contribution in [0.1, 0.15) is 12.6 Å². The topological polar surface area (TPSA) is 160 Å². The number of hydrogen-bond donors (Lipinski definition) is 5. The van der Waals surface area contributed by atoms with Gasteiger partial charge in [0.25, 0.3) is 0 Å². The Hall–Kier alpha value is -1.13. The van der Waals surface area contributed by atoms with Crippen LogP contribution in [0.3, 0.4) is 0 Å². The summed E-state index contributed by atoms with van der Waals surface area (Å²) in [5, 5.41) is 9.77. The summed E-state index contributed by atoms with van der Waals surface area (Å²) in [7, 11) is -4.66. The van der Waals surface area contributed by atoms with Crippen molar-refractivity contribution < 1.29 is 29.0 Å². The van der Waals surface area contributed by atoms with Crippen LogP contribution < -0.4 is 11.4 Å². The standard InChI is InChI=1S/C9H16N3O7P/c10-7-1-2-12(9(14)11-7)8-3-5(13)6(19-8)4-18-20(15,16)17/h1-2,5-6,8,13,15-17,20H,3-4H2,(H2,10,11,14)/t5-,6+,8+/m0/s1. The number of aliphatic hydroxyl groups excluding tert-OH is 1. The number of nitrogen functional groups attached to an aromatic ring is 1. The number of ether oxygens (including phenoxy) is 1. The Morgan fingerprint density at radius 1 is 1.55 bits per heavy atom.